The average molecular weight is 840 g/mol. The molecule has 314 valence electrons. The van der Waals surface area contributed by atoms with Crippen LogP contribution in [0.25, 0.3) is 21.6 Å². The van der Waals surface area contributed by atoms with E-state index in [1.165, 1.54) is 22.7 Å². The minimum atomic E-state index is -1.41. The van der Waals surface area contributed by atoms with E-state index in [-0.39, 0.29) is 42.5 Å². The van der Waals surface area contributed by atoms with E-state index in [0.29, 0.717) is 64.4 Å². The summed E-state index contributed by atoms with van der Waals surface area (Å²) in [5, 5.41) is 19.3. The van der Waals surface area contributed by atoms with Gasteiger partial charge in [0.15, 0.2) is 0 Å². The molecule has 3 heterocycles. The molecule has 8 atom stereocenters. The van der Waals surface area contributed by atoms with E-state index in [4.69, 9.17) is 40.5 Å². The van der Waals surface area contributed by atoms with Crippen LogP contribution in [0, 0.1) is 23.2 Å². The number of carbonyl (C=O) groups is 4. The van der Waals surface area contributed by atoms with Crippen molar-refractivity contribution >= 4 is 57.7 Å². The molecule has 2 aromatic heterocycles. The van der Waals surface area contributed by atoms with Crippen LogP contribution in [0.15, 0.2) is 23.6 Å². The summed E-state index contributed by atoms with van der Waals surface area (Å²) in [6, 6.07) is 3.15. The molecule has 1 aliphatic heterocycles. The lowest BCUT2D eigenvalue weighted by atomic mass is 9.85. The summed E-state index contributed by atoms with van der Waals surface area (Å²) in [5.74, 6) is -0.212. The predicted molar refractivity (Wildman–Crippen MR) is 218 cm³/mol. The minimum Gasteiger partial charge on any atom is -0.490 e. The Morgan fingerprint density at radius 3 is 2.41 bits per heavy atom. The molecule has 3 aliphatic carbocycles. The van der Waals surface area contributed by atoms with Crippen LogP contribution in [0.2, 0.25) is 5.02 Å². The number of alkyl carbamates (subject to hydrolysis) is 1. The van der Waals surface area contributed by atoms with Crippen molar-refractivity contribution in [2.45, 2.75) is 116 Å². The van der Waals surface area contributed by atoms with Crippen LogP contribution in [0.1, 0.15) is 91.7 Å². The molecule has 4 fully saturated rings. The Morgan fingerprint density at radius 2 is 1.79 bits per heavy atom. The van der Waals surface area contributed by atoms with Gasteiger partial charge in [-0.15, -0.1) is 11.3 Å². The van der Waals surface area contributed by atoms with Gasteiger partial charge in [0.05, 0.1) is 24.4 Å². The Bertz CT molecular complexity index is 2060. The third kappa shape index (κ3) is 8.58. The molecular formula is C42H54ClN5O9S. The maximum atomic E-state index is 14.7. The van der Waals surface area contributed by atoms with E-state index in [9.17, 15) is 24.3 Å². The second-order valence-corrected chi connectivity index (χ2v) is 18.8. The van der Waals surface area contributed by atoms with E-state index >= 15 is 0 Å². The van der Waals surface area contributed by atoms with E-state index in [1.54, 1.807) is 25.3 Å². The maximum absolute atomic E-state index is 14.7. The highest BCUT2D eigenvalue weighted by molar-refractivity contribution is 7.13. The fourth-order valence-electron chi connectivity index (χ4n) is 8.45. The Morgan fingerprint density at radius 1 is 1.05 bits per heavy atom. The predicted octanol–water partition coefficient (Wildman–Crippen LogP) is 6.82. The van der Waals surface area contributed by atoms with Crippen molar-refractivity contribution < 1.29 is 43.2 Å². The van der Waals surface area contributed by atoms with Crippen molar-refractivity contribution in [3.63, 3.8) is 0 Å². The highest BCUT2D eigenvalue weighted by Crippen LogP contribution is 2.52. The third-order valence-corrected chi connectivity index (χ3v) is 13.3. The molecule has 1 aromatic carbocycles. The molecule has 3 N–H and O–H groups in total. The minimum absolute atomic E-state index is 0.0245. The number of carboxylic acid groups (broad SMARTS) is 1. The zero-order chi connectivity index (χ0) is 41.7. The van der Waals surface area contributed by atoms with Crippen LogP contribution in [0.4, 0.5) is 4.79 Å². The number of hydrogen-bond donors (Lipinski definition) is 3. The van der Waals surface area contributed by atoms with Gasteiger partial charge < -0.3 is 39.6 Å². The fourth-order valence-corrected chi connectivity index (χ4v) is 9.66. The number of thiazole rings is 1. The summed E-state index contributed by atoms with van der Waals surface area (Å²) < 4.78 is 23.6. The molecule has 3 aromatic rings. The smallest absolute Gasteiger partial charge is 0.408 e. The Hall–Kier alpha value is -4.21. The average Bonchev–Trinajstić information content (AvgIpc) is 3.81. The molecule has 58 heavy (non-hydrogen) atoms. The topological polar surface area (TPSA) is 179 Å². The lowest BCUT2D eigenvalue weighted by Gasteiger charge is -2.35. The van der Waals surface area contributed by atoms with E-state index in [2.05, 4.69) is 24.5 Å². The quantitative estimate of drug-likeness (QED) is 0.137. The molecule has 2 unspecified atom stereocenters. The second kappa shape index (κ2) is 16.4. The largest absolute Gasteiger partial charge is 0.490 e. The highest BCUT2D eigenvalue weighted by atomic mass is 35.5. The molecule has 1 saturated heterocycles. The van der Waals surface area contributed by atoms with E-state index in [1.807, 2.05) is 33.1 Å². The van der Waals surface area contributed by atoms with Crippen LogP contribution >= 0.6 is 22.9 Å². The van der Waals surface area contributed by atoms with Gasteiger partial charge in [0.2, 0.25) is 11.8 Å². The Balaban J connectivity index is 1.21. The van der Waals surface area contributed by atoms with Crippen molar-refractivity contribution in [2.24, 2.45) is 23.2 Å². The van der Waals surface area contributed by atoms with Crippen molar-refractivity contribution in [3.05, 3.63) is 34.3 Å². The number of fused-ring (bicyclic) bond motifs is 2. The molecule has 3 saturated carbocycles. The normalized spacial score (nSPS) is 26.6. The summed E-state index contributed by atoms with van der Waals surface area (Å²) in [6.45, 7) is 12.1. The summed E-state index contributed by atoms with van der Waals surface area (Å²) in [5.41, 5.74) is -0.335. The summed E-state index contributed by atoms with van der Waals surface area (Å²) in [7, 11) is 1.58. The number of pyridine rings is 1. The van der Waals surface area contributed by atoms with Gasteiger partial charge in [-0.25, -0.2) is 19.6 Å². The SMILES string of the molecule is CC[C@@H]1C[C@]1(NC(=O)[C@@H]1C[C@@H](Oc2cc(-c3nc(C(C)C)cs3)nc3c(Cl)c(OCCOC)ccc23)CN1C(=O)C(NC(=O)OC1C[C@@H]2C[C@@H]2C1)C(C)(C)C)C(=O)O. The first kappa shape index (κ1) is 41.9. The number of ether oxygens (including phenoxy) is 4. The number of carboxylic acids is 1. The van der Waals surface area contributed by atoms with E-state index < -0.39 is 53.0 Å². The number of aliphatic carboxylic acids is 1. The number of likely N-dealkylation sites (tertiary alicyclic amines) is 1. The Labute approximate surface area is 347 Å². The van der Waals surface area contributed by atoms with Gasteiger partial charge in [0, 0.05) is 30.4 Å². The lowest BCUT2D eigenvalue weighted by molar-refractivity contribution is -0.146. The molecule has 0 bridgehead atoms. The van der Waals surface area contributed by atoms with Gasteiger partial charge in [-0.2, -0.15) is 0 Å². The number of nitrogens with one attached hydrogen (secondary N) is 2. The summed E-state index contributed by atoms with van der Waals surface area (Å²) in [6.07, 6.45) is 2.14. The maximum Gasteiger partial charge on any atom is 0.408 e. The Kier molecular flexibility index (Phi) is 11.9. The van der Waals surface area contributed by atoms with Gasteiger partial charge in [-0.05, 0) is 66.9 Å². The van der Waals surface area contributed by atoms with Crippen LogP contribution in [0.3, 0.4) is 0 Å². The number of hydrogen-bond acceptors (Lipinski definition) is 11. The number of nitrogens with zero attached hydrogens (tertiary/aromatic N) is 3. The molecule has 4 aliphatic rings. The number of methoxy groups -OCH3 is 1. The first-order valence-corrected chi connectivity index (χ1v) is 21.5. The van der Waals surface area contributed by atoms with Crippen molar-refractivity contribution in [3.8, 4) is 22.2 Å². The molecule has 0 radical (unpaired) electrons. The zero-order valence-electron chi connectivity index (χ0n) is 34.1. The molecule has 7 rings (SSSR count). The molecule has 0 spiro atoms. The zero-order valence-corrected chi connectivity index (χ0v) is 35.7. The van der Waals surface area contributed by atoms with Crippen molar-refractivity contribution in [1.29, 1.82) is 0 Å². The van der Waals surface area contributed by atoms with Gasteiger partial charge >= 0.3 is 12.1 Å². The number of halogens is 1. The summed E-state index contributed by atoms with van der Waals surface area (Å²) in [4.78, 5) is 65.9. The highest BCUT2D eigenvalue weighted by Gasteiger charge is 2.61. The van der Waals surface area contributed by atoms with Gasteiger partial charge in [-0.3, -0.25) is 9.59 Å². The standard InChI is InChI=1S/C42H54ClN5O9S/c1-8-24-18-42(24,39(51)52)47-36(49)30-16-26(19-48(30)38(50)35(41(4,5)6)46-40(53)57-25-14-22-13-23(22)15-25)56-32-17-28(37-45-29(20-58-37)21(2)3)44-34-27(32)9-10-31(33(34)43)55-12-11-54-7/h9-10,17,20-26,30,35H,8,11-16,18-19H2,1-7H3,(H,46,53)(H,47,49)(H,51,52)/t22-,23+,24-,25?,26-,30+,35?,42-/m1/s1. The van der Waals surface area contributed by atoms with Gasteiger partial charge in [0.1, 0.15) is 63.7 Å². The summed E-state index contributed by atoms with van der Waals surface area (Å²) >= 11 is 8.40. The van der Waals surface area contributed by atoms with Gasteiger partial charge in [0.25, 0.3) is 0 Å². The lowest BCUT2D eigenvalue weighted by Crippen LogP contribution is -2.59. The third-order valence-electron chi connectivity index (χ3n) is 12.0. The van der Waals surface area contributed by atoms with Crippen LogP contribution in [0.5, 0.6) is 11.5 Å². The van der Waals surface area contributed by atoms with Gasteiger partial charge in [-0.1, -0.05) is 59.6 Å². The number of rotatable bonds is 15. The monoisotopic (exact) mass is 839 g/mol. The van der Waals surface area contributed by atoms with Crippen LogP contribution < -0.4 is 20.1 Å². The van der Waals surface area contributed by atoms with Crippen LogP contribution in [-0.4, -0.2) is 101 Å². The number of aromatic nitrogens is 2. The first-order chi connectivity index (χ1) is 27.5. The van der Waals surface area contributed by atoms with Crippen molar-refractivity contribution in [2.75, 3.05) is 26.9 Å². The molecule has 16 heteroatoms. The number of amides is 3. The number of benzene rings is 1. The molecule has 3 amide bonds. The van der Waals surface area contributed by atoms with Crippen LogP contribution in [-0.2, 0) is 23.9 Å². The first-order valence-electron chi connectivity index (χ1n) is 20.2. The second-order valence-electron chi connectivity index (χ2n) is 17.6. The number of carbonyl (C=O) groups excluding carboxylic acids is 3. The molecule has 14 nitrogen and oxygen atoms in total. The van der Waals surface area contributed by atoms with E-state index in [0.717, 1.165) is 18.5 Å². The fraction of sp³-hybridized carbons (Fsp3) is 0.619. The molecular weight excluding hydrogens is 786 g/mol. The van der Waals surface area contributed by atoms with Crippen molar-refractivity contribution in [1.82, 2.24) is 25.5 Å².